The largest absolute Gasteiger partial charge is 1.00 e. The normalized spacial score (nSPS) is 11.0. The van der Waals surface area contributed by atoms with Gasteiger partial charge in [-0.15, -0.1) is 0 Å². The van der Waals surface area contributed by atoms with E-state index in [0.717, 1.165) is 0 Å². The number of hydrogen-bond acceptors (Lipinski definition) is 5. The molecule has 0 amide bonds. The molecule has 0 aromatic rings. The van der Waals surface area contributed by atoms with E-state index in [0.29, 0.717) is 0 Å². The maximum absolute atomic E-state index is 11.2. The van der Waals surface area contributed by atoms with Gasteiger partial charge in [-0.25, -0.2) is 0 Å². The Labute approximate surface area is 75.3 Å². The summed E-state index contributed by atoms with van der Waals surface area (Å²) in [7, 11) is -7.87. The maximum atomic E-state index is 11.2. The van der Waals surface area contributed by atoms with Crippen molar-refractivity contribution >= 4 is 17.4 Å². The Morgan fingerprint density at radius 1 is 1.45 bits per heavy atom. The predicted octanol–water partition coefficient (Wildman–Crippen LogP) is -4.36. The molecule has 0 radical (unpaired) electrons. The molecule has 0 fully saturated rings. The molecule has 62 valence electrons. The van der Waals surface area contributed by atoms with Gasteiger partial charge < -0.3 is 11.5 Å². The first kappa shape index (κ1) is 13.9. The molecule has 5 nitrogen and oxygen atoms in total. The molecule has 11 heavy (non-hydrogen) atoms. The average molecular weight is 184 g/mol. The van der Waals surface area contributed by atoms with Crippen molar-refractivity contribution in [3.8, 4) is 0 Å². The second-order valence-electron chi connectivity index (χ2n) is 1.18. The Kier molecular flexibility index (Phi) is 6.42. The van der Waals surface area contributed by atoms with Gasteiger partial charge >= 0.3 is 42.1 Å². The molecule has 10 heteroatoms. The standard InChI is InChI=1S/CH3BF2O5S.Li.H/c3-1(4)10(7,8)9-2(5)6;;/h1,5-6H;;/q;+1;-1. The third-order valence-electron chi connectivity index (χ3n) is 0.438. The molecule has 0 aliphatic rings. The number of hydrogen-bond donors (Lipinski definition) is 2. The zero-order valence-corrected chi connectivity index (χ0v) is 6.25. The zero-order valence-electron chi connectivity index (χ0n) is 6.44. The van der Waals surface area contributed by atoms with E-state index in [4.69, 9.17) is 10.0 Å². The fraction of sp³-hybridized carbons (Fsp3) is 1.00. The Morgan fingerprint density at radius 3 is 1.91 bits per heavy atom. The molecule has 0 saturated heterocycles. The van der Waals surface area contributed by atoms with E-state index in [2.05, 4.69) is 4.10 Å². The van der Waals surface area contributed by atoms with E-state index >= 15 is 0 Å². The van der Waals surface area contributed by atoms with Crippen LogP contribution in [0.1, 0.15) is 1.43 Å². The summed E-state index contributed by atoms with van der Waals surface area (Å²) in [6.07, 6.45) is 0. The molecule has 0 atom stereocenters. The molecule has 0 spiro atoms. The van der Waals surface area contributed by atoms with E-state index in [1.54, 1.807) is 0 Å². The van der Waals surface area contributed by atoms with E-state index < -0.39 is 23.2 Å². The summed E-state index contributed by atoms with van der Waals surface area (Å²) in [5, 5.41) is 15.5. The minimum absolute atomic E-state index is 0. The van der Waals surface area contributed by atoms with E-state index in [9.17, 15) is 17.2 Å². The van der Waals surface area contributed by atoms with Gasteiger partial charge in [0.2, 0.25) is 0 Å². The quantitative estimate of drug-likeness (QED) is 0.433. The summed E-state index contributed by atoms with van der Waals surface area (Å²) in [4.78, 5) is 0. The third kappa shape index (κ3) is 5.60. The van der Waals surface area contributed by atoms with Crippen molar-refractivity contribution in [3.63, 3.8) is 0 Å². The Morgan fingerprint density at radius 2 is 1.82 bits per heavy atom. The molecule has 0 aliphatic heterocycles. The van der Waals surface area contributed by atoms with Crippen molar-refractivity contribution in [1.29, 1.82) is 0 Å². The van der Waals surface area contributed by atoms with Gasteiger partial charge in [-0.1, -0.05) is 0 Å². The van der Waals surface area contributed by atoms with Gasteiger partial charge in [0.05, 0.1) is 0 Å². The van der Waals surface area contributed by atoms with Crippen molar-refractivity contribution in [2.24, 2.45) is 0 Å². The molecular formula is CH4BF2LiO5S. The van der Waals surface area contributed by atoms with E-state index in [1.165, 1.54) is 0 Å². The summed E-state index contributed by atoms with van der Waals surface area (Å²) in [6, 6.07) is 0. The Bertz CT molecular complexity index is 196. The smallest absolute Gasteiger partial charge is 1.00 e. The molecular weight excluding hydrogens is 180 g/mol. The summed E-state index contributed by atoms with van der Waals surface area (Å²) in [6.45, 7) is 0. The summed E-state index contributed by atoms with van der Waals surface area (Å²) in [5.41, 5.74) is 0. The van der Waals surface area contributed by atoms with Crippen LogP contribution in [0.5, 0.6) is 0 Å². The third-order valence-corrected chi connectivity index (χ3v) is 1.32. The molecule has 0 bridgehead atoms. The molecule has 0 aliphatic carbocycles. The Balaban J connectivity index is -0.000000405. The van der Waals surface area contributed by atoms with Crippen LogP contribution < -0.4 is 18.9 Å². The van der Waals surface area contributed by atoms with Crippen LogP contribution in [0.15, 0.2) is 0 Å². The molecule has 0 unspecified atom stereocenters. The van der Waals surface area contributed by atoms with Gasteiger partial charge in [0.15, 0.2) is 0 Å². The number of halogens is 2. The van der Waals surface area contributed by atoms with Crippen LogP contribution in [0.25, 0.3) is 0 Å². The molecule has 0 heterocycles. The van der Waals surface area contributed by atoms with Gasteiger partial charge in [-0.05, 0) is 0 Å². The van der Waals surface area contributed by atoms with Crippen molar-refractivity contribution in [1.82, 2.24) is 0 Å². The van der Waals surface area contributed by atoms with Crippen molar-refractivity contribution < 1.29 is 51.6 Å². The van der Waals surface area contributed by atoms with Crippen LogP contribution in [0.2, 0.25) is 0 Å². The van der Waals surface area contributed by atoms with Crippen molar-refractivity contribution in [3.05, 3.63) is 0 Å². The summed E-state index contributed by atoms with van der Waals surface area (Å²) < 4.78 is 45.2. The van der Waals surface area contributed by atoms with Crippen LogP contribution >= 0.6 is 0 Å². The van der Waals surface area contributed by atoms with E-state index in [1.807, 2.05) is 0 Å². The monoisotopic (exact) mass is 184 g/mol. The first-order chi connectivity index (χ1) is 4.36. The fourth-order valence-electron chi connectivity index (χ4n) is 0.162. The summed E-state index contributed by atoms with van der Waals surface area (Å²) in [5.74, 6) is -3.77. The minimum atomic E-state index is -5.13. The SMILES string of the molecule is O=S(=O)(OB(O)O)C(F)F.[H-].[Li+]. The van der Waals surface area contributed by atoms with Crippen LogP contribution in [-0.4, -0.2) is 31.5 Å². The first-order valence-corrected chi connectivity index (χ1v) is 3.40. The molecule has 0 rings (SSSR count). The van der Waals surface area contributed by atoms with Gasteiger partial charge in [-0.3, -0.25) is 4.10 Å². The van der Waals surface area contributed by atoms with Gasteiger partial charge in [0, 0.05) is 0 Å². The Hall–Kier alpha value is 0.352. The van der Waals surface area contributed by atoms with Crippen LogP contribution in [0.3, 0.4) is 0 Å². The van der Waals surface area contributed by atoms with Crippen molar-refractivity contribution in [2.45, 2.75) is 5.76 Å². The topological polar surface area (TPSA) is 83.8 Å². The first-order valence-electron chi connectivity index (χ1n) is 1.92. The fourth-order valence-corrected chi connectivity index (χ4v) is 0.486. The maximum Gasteiger partial charge on any atom is 1.00 e. The van der Waals surface area contributed by atoms with Crippen molar-refractivity contribution in [2.75, 3.05) is 0 Å². The molecule has 0 aromatic carbocycles. The average Bonchev–Trinajstić information content (AvgIpc) is 1.60. The van der Waals surface area contributed by atoms with Crippen LogP contribution in [-0.2, 0) is 14.2 Å². The molecule has 2 N–H and O–H groups in total. The van der Waals surface area contributed by atoms with Crippen LogP contribution in [0, 0.1) is 0 Å². The van der Waals surface area contributed by atoms with Gasteiger partial charge in [0.25, 0.3) is 0 Å². The second kappa shape index (κ2) is 5.08. The van der Waals surface area contributed by atoms with Crippen LogP contribution in [0.4, 0.5) is 8.78 Å². The number of alkyl halides is 2. The zero-order chi connectivity index (χ0) is 8.36. The van der Waals surface area contributed by atoms with Gasteiger partial charge in [-0.2, -0.15) is 17.2 Å². The number of rotatable bonds is 3. The van der Waals surface area contributed by atoms with Gasteiger partial charge in [0.1, 0.15) is 0 Å². The predicted molar refractivity (Wildman–Crippen MR) is 27.3 cm³/mol. The second-order valence-corrected chi connectivity index (χ2v) is 2.71. The molecule has 0 aromatic heterocycles. The molecule has 0 saturated carbocycles. The summed E-state index contributed by atoms with van der Waals surface area (Å²) >= 11 is 0. The minimum Gasteiger partial charge on any atom is -1.00 e. The van der Waals surface area contributed by atoms with E-state index in [-0.39, 0.29) is 20.3 Å².